The first kappa shape index (κ1) is 25.9. The summed E-state index contributed by atoms with van der Waals surface area (Å²) in [6.07, 6.45) is 5.08. The number of hydrogen-bond acceptors (Lipinski definition) is 6. The molecular formula is C29H31F2N5O2. The number of nitrogens with zero attached hydrogens (tertiary/aromatic N) is 4. The molecule has 4 aromatic rings. The number of hydrogen-bond donors (Lipinski definition) is 1. The number of nitrogens with one attached hydrogen (secondary N) is 1. The van der Waals surface area contributed by atoms with Gasteiger partial charge in [-0.15, -0.1) is 0 Å². The Hall–Kier alpha value is -3.72. The van der Waals surface area contributed by atoms with Crippen LogP contribution in [0.25, 0.3) is 34.0 Å². The summed E-state index contributed by atoms with van der Waals surface area (Å²) in [5.74, 6) is -2.03. The van der Waals surface area contributed by atoms with E-state index in [1.54, 1.807) is 22.9 Å². The van der Waals surface area contributed by atoms with E-state index in [2.05, 4.69) is 29.3 Å². The van der Waals surface area contributed by atoms with Gasteiger partial charge in [0.25, 0.3) is 11.5 Å². The van der Waals surface area contributed by atoms with Gasteiger partial charge in [-0.2, -0.15) is 0 Å². The van der Waals surface area contributed by atoms with Crippen molar-refractivity contribution in [2.24, 2.45) is 0 Å². The second kappa shape index (κ2) is 10.6. The molecule has 0 radical (unpaired) electrons. The van der Waals surface area contributed by atoms with Gasteiger partial charge in [0.15, 0.2) is 5.76 Å². The summed E-state index contributed by atoms with van der Waals surface area (Å²) in [7, 11) is 0. The van der Waals surface area contributed by atoms with Crippen molar-refractivity contribution in [1.29, 1.82) is 0 Å². The molecule has 9 heteroatoms. The number of rotatable bonds is 9. The standard InChI is InChI=1S/C29H31F2N5O2/c1-4-23(5-2)36-17-21(10-11-27(36)37)25-16-32-18(3)28(34-25)26-12-24(35-38-26)20-8-6-19(7-9-20)15-33-22-13-29(30,31)14-22/h6-12,16-17,22-23,33H,4-5,13-15H2,1-3H3. The molecule has 0 spiro atoms. The molecule has 1 aliphatic carbocycles. The first-order valence-electron chi connectivity index (χ1n) is 13.0. The van der Waals surface area contributed by atoms with Crippen LogP contribution < -0.4 is 10.9 Å². The zero-order chi connectivity index (χ0) is 26.9. The third-order valence-corrected chi connectivity index (χ3v) is 7.20. The lowest BCUT2D eigenvalue weighted by Gasteiger charge is -2.35. The fraction of sp³-hybridized carbons (Fsp3) is 0.379. The maximum atomic E-state index is 13.0. The average Bonchev–Trinajstić information content (AvgIpc) is 3.39. The Bertz CT molecular complexity index is 1470. The van der Waals surface area contributed by atoms with Crippen molar-refractivity contribution < 1.29 is 13.3 Å². The van der Waals surface area contributed by atoms with E-state index >= 15 is 0 Å². The van der Waals surface area contributed by atoms with Crippen LogP contribution in [0.5, 0.6) is 0 Å². The first-order chi connectivity index (χ1) is 18.3. The van der Waals surface area contributed by atoms with E-state index in [0.29, 0.717) is 35.1 Å². The predicted octanol–water partition coefficient (Wildman–Crippen LogP) is 6.18. The van der Waals surface area contributed by atoms with Crippen LogP contribution in [-0.2, 0) is 6.54 Å². The molecule has 0 amide bonds. The van der Waals surface area contributed by atoms with Crippen LogP contribution in [0.1, 0.15) is 56.8 Å². The van der Waals surface area contributed by atoms with Crippen molar-refractivity contribution in [3.63, 3.8) is 0 Å². The van der Waals surface area contributed by atoms with Gasteiger partial charge >= 0.3 is 0 Å². The van der Waals surface area contributed by atoms with E-state index in [-0.39, 0.29) is 30.5 Å². The Kier molecular flexibility index (Phi) is 7.21. The zero-order valence-corrected chi connectivity index (χ0v) is 21.7. The van der Waals surface area contributed by atoms with Crippen LogP contribution in [0.15, 0.2) is 64.2 Å². The minimum absolute atomic E-state index is 0.0333. The van der Waals surface area contributed by atoms with Crippen LogP contribution in [0, 0.1) is 6.92 Å². The fourth-order valence-electron chi connectivity index (χ4n) is 4.83. The lowest BCUT2D eigenvalue weighted by molar-refractivity contribution is -0.0930. The highest BCUT2D eigenvalue weighted by molar-refractivity contribution is 5.68. The minimum atomic E-state index is -2.52. The number of halogens is 2. The molecule has 7 nitrogen and oxygen atoms in total. The molecule has 0 atom stereocenters. The van der Waals surface area contributed by atoms with Crippen molar-refractivity contribution in [2.75, 3.05) is 0 Å². The third kappa shape index (κ3) is 5.43. The first-order valence-corrected chi connectivity index (χ1v) is 13.0. The van der Waals surface area contributed by atoms with Gasteiger partial charge in [0, 0.05) is 60.9 Å². The Balaban J connectivity index is 1.34. The molecule has 0 aliphatic heterocycles. The lowest BCUT2D eigenvalue weighted by atomic mass is 9.88. The van der Waals surface area contributed by atoms with E-state index in [4.69, 9.17) is 9.51 Å². The number of benzene rings is 1. The third-order valence-electron chi connectivity index (χ3n) is 7.20. The second-order valence-corrected chi connectivity index (χ2v) is 9.94. The molecular weight excluding hydrogens is 488 g/mol. The monoisotopic (exact) mass is 519 g/mol. The van der Waals surface area contributed by atoms with Crippen molar-refractivity contribution in [1.82, 2.24) is 25.0 Å². The van der Waals surface area contributed by atoms with E-state index < -0.39 is 5.92 Å². The Morgan fingerprint density at radius 2 is 1.79 bits per heavy atom. The Morgan fingerprint density at radius 1 is 1.08 bits per heavy atom. The summed E-state index contributed by atoms with van der Waals surface area (Å²) >= 11 is 0. The molecule has 5 rings (SSSR count). The normalized spacial score (nSPS) is 15.1. The van der Waals surface area contributed by atoms with E-state index in [9.17, 15) is 13.6 Å². The maximum Gasteiger partial charge on any atom is 0.251 e. The van der Waals surface area contributed by atoms with Gasteiger partial charge in [0.1, 0.15) is 11.4 Å². The Labute approximate surface area is 219 Å². The summed E-state index contributed by atoms with van der Waals surface area (Å²) in [5, 5.41) is 7.40. The molecule has 0 bridgehead atoms. The molecule has 0 unspecified atom stereocenters. The van der Waals surface area contributed by atoms with E-state index in [0.717, 1.165) is 29.5 Å². The summed E-state index contributed by atoms with van der Waals surface area (Å²) in [6, 6.07) is 12.9. The average molecular weight is 520 g/mol. The summed E-state index contributed by atoms with van der Waals surface area (Å²) in [6.45, 7) is 6.54. The summed E-state index contributed by atoms with van der Waals surface area (Å²) in [5.41, 5.74) is 5.24. The van der Waals surface area contributed by atoms with Crippen LogP contribution in [0.2, 0.25) is 0 Å². The zero-order valence-electron chi connectivity index (χ0n) is 21.7. The molecule has 3 heterocycles. The maximum absolute atomic E-state index is 13.0. The van der Waals surface area contributed by atoms with Crippen LogP contribution >= 0.6 is 0 Å². The van der Waals surface area contributed by atoms with Crippen molar-refractivity contribution in [3.8, 4) is 34.0 Å². The highest BCUT2D eigenvalue weighted by Gasteiger charge is 2.44. The molecule has 1 fully saturated rings. The predicted molar refractivity (Wildman–Crippen MR) is 142 cm³/mol. The largest absolute Gasteiger partial charge is 0.354 e. The second-order valence-electron chi connectivity index (χ2n) is 9.94. The topological polar surface area (TPSA) is 85.8 Å². The van der Waals surface area contributed by atoms with Gasteiger partial charge in [0.05, 0.1) is 17.6 Å². The summed E-state index contributed by atoms with van der Waals surface area (Å²) in [4.78, 5) is 21.8. The van der Waals surface area contributed by atoms with Gasteiger partial charge < -0.3 is 14.4 Å². The molecule has 0 saturated heterocycles. The quantitative estimate of drug-likeness (QED) is 0.284. The van der Waals surface area contributed by atoms with Gasteiger partial charge in [0.2, 0.25) is 0 Å². The number of aromatic nitrogens is 4. The minimum Gasteiger partial charge on any atom is -0.354 e. The highest BCUT2D eigenvalue weighted by Crippen LogP contribution is 2.37. The number of alkyl halides is 2. The van der Waals surface area contributed by atoms with Crippen LogP contribution in [0.4, 0.5) is 8.78 Å². The molecule has 3 aromatic heterocycles. The fourth-order valence-corrected chi connectivity index (χ4v) is 4.83. The van der Waals surface area contributed by atoms with Crippen molar-refractivity contribution >= 4 is 0 Å². The highest BCUT2D eigenvalue weighted by atomic mass is 19.3. The SMILES string of the molecule is CCC(CC)n1cc(-c2cnc(C)c(-c3cc(-c4ccc(CNC5CC(F)(F)C5)cc4)no3)n2)ccc1=O. The molecule has 38 heavy (non-hydrogen) atoms. The van der Waals surface area contributed by atoms with Gasteiger partial charge in [-0.3, -0.25) is 9.78 Å². The molecule has 1 aliphatic rings. The number of aryl methyl sites for hydroxylation is 1. The van der Waals surface area contributed by atoms with Gasteiger partial charge in [-0.1, -0.05) is 43.3 Å². The van der Waals surface area contributed by atoms with E-state index in [1.807, 2.05) is 43.5 Å². The summed E-state index contributed by atoms with van der Waals surface area (Å²) < 4.78 is 33.5. The smallest absolute Gasteiger partial charge is 0.251 e. The Morgan fingerprint density at radius 3 is 2.47 bits per heavy atom. The molecule has 1 saturated carbocycles. The van der Waals surface area contributed by atoms with Gasteiger partial charge in [-0.25, -0.2) is 13.8 Å². The van der Waals surface area contributed by atoms with Crippen LogP contribution in [-0.4, -0.2) is 31.7 Å². The number of pyridine rings is 1. The van der Waals surface area contributed by atoms with Gasteiger partial charge in [-0.05, 0) is 31.4 Å². The van der Waals surface area contributed by atoms with Crippen molar-refractivity contribution in [2.45, 2.75) is 71.0 Å². The van der Waals surface area contributed by atoms with Crippen LogP contribution in [0.3, 0.4) is 0 Å². The molecule has 198 valence electrons. The van der Waals surface area contributed by atoms with Crippen molar-refractivity contribution in [3.05, 3.63) is 76.5 Å². The molecule has 1 N–H and O–H groups in total. The lowest BCUT2D eigenvalue weighted by Crippen LogP contribution is -2.48. The van der Waals surface area contributed by atoms with E-state index in [1.165, 1.54) is 0 Å². The molecule has 1 aromatic carbocycles.